The van der Waals surface area contributed by atoms with Crippen molar-refractivity contribution in [3.63, 3.8) is 0 Å². The van der Waals surface area contributed by atoms with E-state index in [1.807, 2.05) is 18.2 Å². The van der Waals surface area contributed by atoms with Crippen LogP contribution < -0.4 is 10.5 Å². The third kappa shape index (κ3) is 5.09. The van der Waals surface area contributed by atoms with Gasteiger partial charge in [-0.25, -0.2) is 0 Å². The highest BCUT2D eigenvalue weighted by Crippen LogP contribution is 2.32. The summed E-state index contributed by atoms with van der Waals surface area (Å²) in [6.45, 7) is 8.57. The first kappa shape index (κ1) is 16.5. The van der Waals surface area contributed by atoms with Crippen molar-refractivity contribution in [3.8, 4) is 5.75 Å². The molecule has 0 aliphatic carbocycles. The smallest absolute Gasteiger partial charge is 0.134 e. The Hall–Kier alpha value is -0.910. The van der Waals surface area contributed by atoms with Crippen molar-refractivity contribution < 1.29 is 9.47 Å². The normalized spacial score (nSPS) is 19.9. The monoisotopic (exact) mass is 310 g/mol. The summed E-state index contributed by atoms with van der Waals surface area (Å²) in [4.78, 5) is 3.62. The highest BCUT2D eigenvalue weighted by atomic mass is 32.2. The molecule has 1 saturated heterocycles. The molecule has 0 bridgehead atoms. The highest BCUT2D eigenvalue weighted by Gasteiger charge is 2.21. The molecule has 0 saturated carbocycles. The lowest BCUT2D eigenvalue weighted by Crippen LogP contribution is -2.44. The molecule has 1 fully saturated rings. The third-order valence-electron chi connectivity index (χ3n) is 3.46. The van der Waals surface area contributed by atoms with Crippen LogP contribution in [0.2, 0.25) is 0 Å². The number of nitrogens with two attached hydrogens (primary N) is 1. The number of hydrogen-bond acceptors (Lipinski definition) is 5. The molecule has 0 amide bonds. The maximum absolute atomic E-state index is 5.88. The molecule has 1 heterocycles. The molecule has 1 aliphatic heterocycles. The van der Waals surface area contributed by atoms with Crippen LogP contribution in [0.1, 0.15) is 13.8 Å². The second-order valence-electron chi connectivity index (χ2n) is 5.87. The number of benzene rings is 1. The average molecular weight is 310 g/mol. The average Bonchev–Trinajstić information content (AvgIpc) is 2.45. The summed E-state index contributed by atoms with van der Waals surface area (Å²) < 4.78 is 11.3. The largest absolute Gasteiger partial charge is 0.496 e. The van der Waals surface area contributed by atoms with E-state index in [4.69, 9.17) is 15.2 Å². The van der Waals surface area contributed by atoms with Crippen LogP contribution in [0.5, 0.6) is 5.75 Å². The maximum Gasteiger partial charge on any atom is 0.134 e. The zero-order chi connectivity index (χ0) is 15.2. The Morgan fingerprint density at radius 1 is 1.48 bits per heavy atom. The summed E-state index contributed by atoms with van der Waals surface area (Å²) in [5.74, 6) is 2.48. The van der Waals surface area contributed by atoms with Crippen LogP contribution in [-0.2, 0) is 4.74 Å². The van der Waals surface area contributed by atoms with E-state index in [9.17, 15) is 0 Å². The Bertz CT molecular complexity index is 454. The van der Waals surface area contributed by atoms with Crippen molar-refractivity contribution in [2.24, 2.45) is 5.92 Å². The second kappa shape index (κ2) is 7.92. The number of hydrogen-bond donors (Lipinski definition) is 1. The lowest BCUT2D eigenvalue weighted by Gasteiger charge is -2.33. The van der Waals surface area contributed by atoms with Gasteiger partial charge in [-0.15, -0.1) is 11.8 Å². The summed E-state index contributed by atoms with van der Waals surface area (Å²) in [7, 11) is 1.68. The van der Waals surface area contributed by atoms with Crippen LogP contribution in [0, 0.1) is 5.92 Å². The molecule has 1 aromatic rings. The van der Waals surface area contributed by atoms with Gasteiger partial charge in [0.25, 0.3) is 0 Å². The summed E-state index contributed by atoms with van der Waals surface area (Å²) in [6, 6.07) is 5.81. The first-order valence-corrected chi connectivity index (χ1v) is 8.47. The van der Waals surface area contributed by atoms with Crippen LogP contribution in [0.3, 0.4) is 0 Å². The first-order chi connectivity index (χ1) is 10.1. The topological polar surface area (TPSA) is 47.7 Å². The van der Waals surface area contributed by atoms with Gasteiger partial charge in [0.05, 0.1) is 19.8 Å². The van der Waals surface area contributed by atoms with Crippen LogP contribution in [0.4, 0.5) is 5.69 Å². The molecule has 2 rings (SSSR count). The van der Waals surface area contributed by atoms with Crippen LogP contribution in [0.15, 0.2) is 23.1 Å². The number of ether oxygens (including phenoxy) is 2. The van der Waals surface area contributed by atoms with E-state index < -0.39 is 0 Å². The van der Waals surface area contributed by atoms with E-state index in [-0.39, 0.29) is 6.10 Å². The van der Waals surface area contributed by atoms with E-state index in [1.165, 1.54) is 0 Å². The van der Waals surface area contributed by atoms with Gasteiger partial charge in [-0.2, -0.15) is 0 Å². The Balaban J connectivity index is 1.87. The van der Waals surface area contributed by atoms with Crippen LogP contribution >= 0.6 is 11.8 Å². The van der Waals surface area contributed by atoms with Gasteiger partial charge in [-0.05, 0) is 18.1 Å². The number of rotatable bonds is 6. The minimum atomic E-state index is 0.282. The quantitative estimate of drug-likeness (QED) is 0.647. The molecule has 1 atom stereocenters. The highest BCUT2D eigenvalue weighted by molar-refractivity contribution is 7.99. The fourth-order valence-electron chi connectivity index (χ4n) is 2.55. The van der Waals surface area contributed by atoms with Gasteiger partial charge < -0.3 is 15.2 Å². The van der Waals surface area contributed by atoms with E-state index in [0.717, 1.165) is 48.3 Å². The molecular weight excluding hydrogens is 284 g/mol. The van der Waals surface area contributed by atoms with Gasteiger partial charge >= 0.3 is 0 Å². The minimum Gasteiger partial charge on any atom is -0.496 e. The molecular formula is C16H26N2O2S. The fourth-order valence-corrected chi connectivity index (χ4v) is 3.57. The number of thioether (sulfide) groups is 1. The number of morpholine rings is 1. The molecule has 0 aromatic heterocycles. The van der Waals surface area contributed by atoms with E-state index in [0.29, 0.717) is 5.92 Å². The summed E-state index contributed by atoms with van der Waals surface area (Å²) in [6.07, 6.45) is 0.282. The van der Waals surface area contributed by atoms with Crippen molar-refractivity contribution in [2.45, 2.75) is 24.8 Å². The number of anilines is 1. The summed E-state index contributed by atoms with van der Waals surface area (Å²) in [5.41, 5.74) is 6.52. The minimum absolute atomic E-state index is 0.282. The van der Waals surface area contributed by atoms with Crippen molar-refractivity contribution in [1.29, 1.82) is 0 Å². The molecule has 0 radical (unpaired) electrons. The maximum atomic E-state index is 5.88. The Morgan fingerprint density at radius 2 is 2.29 bits per heavy atom. The molecule has 1 aromatic carbocycles. The summed E-state index contributed by atoms with van der Waals surface area (Å²) in [5, 5.41) is 0. The SMILES string of the molecule is COc1cc(N)ccc1SCC1CN(CC(C)C)CCO1. The molecule has 1 unspecified atom stereocenters. The van der Waals surface area contributed by atoms with Crippen molar-refractivity contribution >= 4 is 17.4 Å². The molecule has 5 heteroatoms. The number of nitrogen functional groups attached to an aromatic ring is 1. The Labute approximate surface area is 132 Å². The van der Waals surface area contributed by atoms with Gasteiger partial charge in [0.2, 0.25) is 0 Å². The van der Waals surface area contributed by atoms with Gasteiger partial charge in [0.15, 0.2) is 0 Å². The van der Waals surface area contributed by atoms with Gasteiger partial charge in [0.1, 0.15) is 5.75 Å². The van der Waals surface area contributed by atoms with E-state index >= 15 is 0 Å². The molecule has 1 aliphatic rings. The van der Waals surface area contributed by atoms with Gasteiger partial charge in [-0.1, -0.05) is 13.8 Å². The van der Waals surface area contributed by atoms with Gasteiger partial charge in [0, 0.05) is 42.0 Å². The number of methoxy groups -OCH3 is 1. The van der Waals surface area contributed by atoms with Gasteiger partial charge in [-0.3, -0.25) is 4.90 Å². The summed E-state index contributed by atoms with van der Waals surface area (Å²) >= 11 is 1.78. The van der Waals surface area contributed by atoms with Crippen LogP contribution in [0.25, 0.3) is 0 Å². The first-order valence-electron chi connectivity index (χ1n) is 7.48. The standard InChI is InChI=1S/C16H26N2O2S/c1-12(2)9-18-6-7-20-14(10-18)11-21-16-5-4-13(17)8-15(16)19-3/h4-5,8,12,14H,6-7,9-11,17H2,1-3H3. The van der Waals surface area contributed by atoms with Crippen LogP contribution in [-0.4, -0.2) is 50.1 Å². The predicted octanol–water partition coefficient (Wildman–Crippen LogP) is 2.73. The molecule has 4 nitrogen and oxygen atoms in total. The van der Waals surface area contributed by atoms with Crippen molar-refractivity contribution in [2.75, 3.05) is 44.8 Å². The lowest BCUT2D eigenvalue weighted by molar-refractivity contribution is -0.0191. The molecule has 21 heavy (non-hydrogen) atoms. The lowest BCUT2D eigenvalue weighted by atomic mass is 10.2. The number of nitrogens with zero attached hydrogens (tertiary/aromatic N) is 1. The third-order valence-corrected chi connectivity index (χ3v) is 4.65. The van der Waals surface area contributed by atoms with Crippen molar-refractivity contribution in [3.05, 3.63) is 18.2 Å². The Morgan fingerprint density at radius 3 is 3.00 bits per heavy atom. The molecule has 2 N–H and O–H groups in total. The Kier molecular flexibility index (Phi) is 6.21. The fraction of sp³-hybridized carbons (Fsp3) is 0.625. The van der Waals surface area contributed by atoms with E-state index in [2.05, 4.69) is 18.7 Å². The predicted molar refractivity (Wildman–Crippen MR) is 89.1 cm³/mol. The zero-order valence-electron chi connectivity index (χ0n) is 13.2. The zero-order valence-corrected chi connectivity index (χ0v) is 14.0. The van der Waals surface area contributed by atoms with E-state index in [1.54, 1.807) is 18.9 Å². The van der Waals surface area contributed by atoms with Crippen molar-refractivity contribution in [1.82, 2.24) is 4.90 Å². The second-order valence-corrected chi connectivity index (χ2v) is 6.93. The molecule has 118 valence electrons. The molecule has 0 spiro atoms.